The molecule has 3 unspecified atom stereocenters. The van der Waals surface area contributed by atoms with Crippen molar-refractivity contribution in [3.8, 4) is 0 Å². The van der Waals surface area contributed by atoms with Gasteiger partial charge in [0.15, 0.2) is 0 Å². The number of fused-ring (bicyclic) bond motifs is 3. The molecule has 0 spiro atoms. The lowest BCUT2D eigenvalue weighted by atomic mass is 9.69. The van der Waals surface area contributed by atoms with Gasteiger partial charge in [0.05, 0.1) is 5.56 Å². The largest absolute Gasteiger partial charge is 0.416 e. The highest BCUT2D eigenvalue weighted by molar-refractivity contribution is 5.73. The molecule has 32 heavy (non-hydrogen) atoms. The fraction of sp³-hybridized carbons (Fsp3) is 0.696. The highest BCUT2D eigenvalue weighted by atomic mass is 19.4. The summed E-state index contributed by atoms with van der Waals surface area (Å²) in [6.07, 6.45) is -0.650. The van der Waals surface area contributed by atoms with Crippen LogP contribution in [-0.2, 0) is 6.18 Å². The summed E-state index contributed by atoms with van der Waals surface area (Å²) in [7, 11) is 0. The van der Waals surface area contributed by atoms with Gasteiger partial charge >= 0.3 is 12.2 Å². The minimum Gasteiger partial charge on any atom is -0.385 e. The maximum absolute atomic E-state index is 13.2. The van der Waals surface area contributed by atoms with Crippen molar-refractivity contribution in [3.05, 3.63) is 29.3 Å². The number of rotatable bonds is 6. The predicted octanol–water partition coefficient (Wildman–Crippen LogP) is 3.23. The average molecular weight is 454 g/mol. The number of nitrogens with zero attached hydrogens (tertiary/aromatic N) is 1. The van der Waals surface area contributed by atoms with Gasteiger partial charge in [0.25, 0.3) is 0 Å². The van der Waals surface area contributed by atoms with Crippen LogP contribution in [0.15, 0.2) is 18.2 Å². The van der Waals surface area contributed by atoms with Gasteiger partial charge in [-0.1, -0.05) is 0 Å². The summed E-state index contributed by atoms with van der Waals surface area (Å²) < 4.78 is 39.7. The molecule has 2 heterocycles. The fourth-order valence-corrected chi connectivity index (χ4v) is 5.32. The molecule has 0 aromatic heterocycles. The van der Waals surface area contributed by atoms with Crippen LogP contribution in [0.3, 0.4) is 0 Å². The molecule has 0 radical (unpaired) electrons. The van der Waals surface area contributed by atoms with Gasteiger partial charge < -0.3 is 26.2 Å². The number of halogens is 3. The van der Waals surface area contributed by atoms with Crippen molar-refractivity contribution >= 4 is 11.7 Å². The molecule has 1 saturated carbocycles. The van der Waals surface area contributed by atoms with Crippen molar-refractivity contribution in [3.63, 3.8) is 0 Å². The summed E-state index contributed by atoms with van der Waals surface area (Å²) in [5.41, 5.74) is 1.01. The second-order valence-corrected chi connectivity index (χ2v) is 9.31. The summed E-state index contributed by atoms with van der Waals surface area (Å²) in [5.74, 6) is 0.737. The van der Waals surface area contributed by atoms with Gasteiger partial charge in [-0.2, -0.15) is 13.2 Å². The number of amides is 2. The summed E-state index contributed by atoms with van der Waals surface area (Å²) >= 11 is 0. The van der Waals surface area contributed by atoms with Gasteiger partial charge in [-0.25, -0.2) is 4.79 Å². The molecule has 4 rings (SSSR count). The zero-order valence-corrected chi connectivity index (χ0v) is 18.4. The van der Waals surface area contributed by atoms with Crippen molar-refractivity contribution in [1.29, 1.82) is 0 Å². The standard InChI is InChI=1S/C23H34F3N5O/c24-23(25,26)18-4-5-21-20(13-18)19-12-16(2-3-17(19)15-29-21)14-30-22(32)28-6-1-9-31-10-7-27-8-11-31/h4-5,13,16-17,19,27,29H,1-3,6-12,14-15H2,(H2,28,30,32). The molecule has 4 N–H and O–H groups in total. The van der Waals surface area contributed by atoms with Crippen molar-refractivity contribution in [2.24, 2.45) is 11.8 Å². The maximum atomic E-state index is 13.2. The molecule has 3 aliphatic rings. The first kappa shape index (κ1) is 23.2. The molecular formula is C23H34F3N5O. The highest BCUT2D eigenvalue weighted by Gasteiger charge is 2.38. The van der Waals surface area contributed by atoms with Crippen LogP contribution < -0.4 is 21.3 Å². The first-order valence-corrected chi connectivity index (χ1v) is 11.8. The van der Waals surface area contributed by atoms with Crippen LogP contribution >= 0.6 is 0 Å². The highest BCUT2D eigenvalue weighted by Crippen LogP contribution is 2.47. The molecule has 9 heteroatoms. The van der Waals surface area contributed by atoms with E-state index in [0.717, 1.165) is 82.3 Å². The lowest BCUT2D eigenvalue weighted by Crippen LogP contribution is -2.45. The van der Waals surface area contributed by atoms with E-state index >= 15 is 0 Å². The fourth-order valence-electron chi connectivity index (χ4n) is 5.32. The smallest absolute Gasteiger partial charge is 0.385 e. The third-order valence-corrected chi connectivity index (χ3v) is 7.13. The number of piperazine rings is 1. The van der Waals surface area contributed by atoms with Crippen LogP contribution in [0.4, 0.5) is 23.7 Å². The van der Waals surface area contributed by atoms with E-state index in [1.165, 1.54) is 6.07 Å². The topological polar surface area (TPSA) is 68.4 Å². The molecule has 1 aromatic carbocycles. The van der Waals surface area contributed by atoms with Crippen molar-refractivity contribution < 1.29 is 18.0 Å². The summed E-state index contributed by atoms with van der Waals surface area (Å²) in [5, 5.41) is 12.5. The molecule has 2 fully saturated rings. The number of carbonyl (C=O) groups is 1. The Morgan fingerprint density at radius 3 is 2.75 bits per heavy atom. The second kappa shape index (κ2) is 10.3. The number of urea groups is 1. The van der Waals surface area contributed by atoms with Crippen molar-refractivity contribution in [1.82, 2.24) is 20.9 Å². The molecule has 2 aliphatic heterocycles. The Balaban J connectivity index is 1.24. The van der Waals surface area contributed by atoms with Crippen molar-refractivity contribution in [2.45, 2.75) is 37.8 Å². The van der Waals surface area contributed by atoms with Gasteiger partial charge in [-0.05, 0) is 73.7 Å². The number of hydrogen-bond acceptors (Lipinski definition) is 4. The number of nitrogens with one attached hydrogen (secondary N) is 4. The summed E-state index contributed by atoms with van der Waals surface area (Å²) in [4.78, 5) is 14.6. The summed E-state index contributed by atoms with van der Waals surface area (Å²) in [6, 6.07) is 3.88. The second-order valence-electron chi connectivity index (χ2n) is 9.31. The third-order valence-electron chi connectivity index (χ3n) is 7.13. The molecule has 6 nitrogen and oxygen atoms in total. The van der Waals surface area contributed by atoms with Crippen LogP contribution in [0.2, 0.25) is 0 Å². The first-order chi connectivity index (χ1) is 15.4. The monoisotopic (exact) mass is 453 g/mol. The molecule has 0 bridgehead atoms. The minimum atomic E-state index is -4.33. The molecule has 1 saturated heterocycles. The van der Waals surface area contributed by atoms with Gasteiger partial charge in [-0.3, -0.25) is 0 Å². The predicted molar refractivity (Wildman–Crippen MR) is 119 cm³/mol. The van der Waals surface area contributed by atoms with E-state index in [1.54, 1.807) is 6.07 Å². The number of benzene rings is 1. The Hall–Kier alpha value is -2.00. The Kier molecular flexibility index (Phi) is 7.45. The zero-order valence-electron chi connectivity index (χ0n) is 18.4. The summed E-state index contributed by atoms with van der Waals surface area (Å²) in [6.45, 7) is 7.15. The van der Waals surface area contributed by atoms with Crippen LogP contribution in [-0.4, -0.2) is 63.3 Å². The molecule has 3 atom stereocenters. The molecule has 1 aromatic rings. The number of hydrogen-bond donors (Lipinski definition) is 4. The molecular weight excluding hydrogens is 419 g/mol. The van der Waals surface area contributed by atoms with Gasteiger partial charge in [0.1, 0.15) is 0 Å². The number of alkyl halides is 3. The number of carbonyl (C=O) groups excluding carboxylic acids is 1. The Morgan fingerprint density at radius 1 is 1.16 bits per heavy atom. The van der Waals surface area contributed by atoms with E-state index in [2.05, 4.69) is 26.2 Å². The van der Waals surface area contributed by atoms with Crippen LogP contribution in [0.5, 0.6) is 0 Å². The zero-order chi connectivity index (χ0) is 22.6. The van der Waals surface area contributed by atoms with E-state index in [1.807, 2.05) is 0 Å². The average Bonchev–Trinajstić information content (AvgIpc) is 2.80. The van der Waals surface area contributed by atoms with Crippen LogP contribution in [0.1, 0.15) is 42.7 Å². The normalized spacial score (nSPS) is 25.9. The van der Waals surface area contributed by atoms with E-state index < -0.39 is 11.7 Å². The van der Waals surface area contributed by atoms with Gasteiger partial charge in [0, 0.05) is 51.5 Å². The van der Waals surface area contributed by atoms with E-state index in [0.29, 0.717) is 19.0 Å². The van der Waals surface area contributed by atoms with E-state index in [-0.39, 0.29) is 17.9 Å². The molecule has 1 aliphatic carbocycles. The maximum Gasteiger partial charge on any atom is 0.416 e. The SMILES string of the molecule is O=C(NCCCN1CCNCC1)NCC1CCC2CNc3ccc(C(F)(F)F)cc3C2C1. The van der Waals surface area contributed by atoms with Gasteiger partial charge in [-0.15, -0.1) is 0 Å². The quantitative estimate of drug-likeness (QED) is 0.500. The molecule has 2 amide bonds. The van der Waals surface area contributed by atoms with Gasteiger partial charge in [0.2, 0.25) is 0 Å². The Labute approximate surface area is 187 Å². The Morgan fingerprint density at radius 2 is 1.97 bits per heavy atom. The molecule has 178 valence electrons. The van der Waals surface area contributed by atoms with Crippen molar-refractivity contribution in [2.75, 3.05) is 57.7 Å². The lowest BCUT2D eigenvalue weighted by molar-refractivity contribution is -0.137. The Bertz CT molecular complexity index is 781. The number of anilines is 1. The first-order valence-electron chi connectivity index (χ1n) is 11.8. The van der Waals surface area contributed by atoms with E-state index in [9.17, 15) is 18.0 Å². The van der Waals surface area contributed by atoms with E-state index in [4.69, 9.17) is 0 Å². The third kappa shape index (κ3) is 5.86. The minimum absolute atomic E-state index is 0.108. The van der Waals surface area contributed by atoms with Crippen LogP contribution in [0, 0.1) is 11.8 Å². The lowest BCUT2D eigenvalue weighted by Gasteiger charge is -2.41. The van der Waals surface area contributed by atoms with Crippen LogP contribution in [0.25, 0.3) is 0 Å².